The normalized spacial score (nSPS) is 16.3. The highest BCUT2D eigenvalue weighted by Gasteiger charge is 2.31. The number of hydrogen-bond donors (Lipinski definition) is 2. The first-order valence-corrected chi connectivity index (χ1v) is 9.25. The molecule has 3 amide bonds. The first-order valence-electron chi connectivity index (χ1n) is 8.87. The highest BCUT2D eigenvalue weighted by molar-refractivity contribution is 6.30. The lowest BCUT2D eigenvalue weighted by atomic mass is 10.2. The molecule has 0 spiro atoms. The molecule has 1 heterocycles. The minimum absolute atomic E-state index is 0.0119. The van der Waals surface area contributed by atoms with Gasteiger partial charge in [-0.05, 0) is 48.9 Å². The van der Waals surface area contributed by atoms with E-state index in [1.807, 2.05) is 43.3 Å². The molecule has 0 unspecified atom stereocenters. The minimum atomic E-state index is -0.295. The highest BCUT2D eigenvalue weighted by Crippen LogP contribution is 2.24. The van der Waals surface area contributed by atoms with Crippen molar-refractivity contribution in [2.24, 2.45) is 0 Å². The summed E-state index contributed by atoms with van der Waals surface area (Å²) in [6.45, 7) is 3.36. The Balaban J connectivity index is 1.50. The molecule has 2 N–H and O–H groups in total. The SMILES string of the molecule is CCOc1ccc(N2C[C@H](NC(=O)NCc3ccc(Cl)cc3)CC2=O)cc1. The van der Waals surface area contributed by atoms with Crippen LogP contribution in [0.3, 0.4) is 0 Å². The van der Waals surface area contributed by atoms with Crippen molar-refractivity contribution in [2.75, 3.05) is 18.1 Å². The van der Waals surface area contributed by atoms with Crippen LogP contribution in [0.4, 0.5) is 10.5 Å². The molecule has 1 aliphatic heterocycles. The molecule has 0 aromatic heterocycles. The largest absolute Gasteiger partial charge is 0.494 e. The maximum absolute atomic E-state index is 12.3. The summed E-state index contributed by atoms with van der Waals surface area (Å²) in [4.78, 5) is 26.1. The fraction of sp³-hybridized carbons (Fsp3) is 0.300. The zero-order valence-electron chi connectivity index (χ0n) is 15.1. The summed E-state index contributed by atoms with van der Waals surface area (Å²) in [5, 5.41) is 6.31. The molecule has 1 aliphatic rings. The van der Waals surface area contributed by atoms with Crippen LogP contribution in [0.1, 0.15) is 18.9 Å². The number of benzene rings is 2. The van der Waals surface area contributed by atoms with Gasteiger partial charge in [-0.15, -0.1) is 0 Å². The molecule has 0 bridgehead atoms. The van der Waals surface area contributed by atoms with Gasteiger partial charge in [-0.1, -0.05) is 23.7 Å². The van der Waals surface area contributed by atoms with E-state index in [0.29, 0.717) is 24.7 Å². The summed E-state index contributed by atoms with van der Waals surface area (Å²) in [5.74, 6) is 0.756. The Kier molecular flexibility index (Phi) is 6.19. The van der Waals surface area contributed by atoms with Gasteiger partial charge in [0.15, 0.2) is 0 Å². The van der Waals surface area contributed by atoms with Crippen molar-refractivity contribution in [3.63, 3.8) is 0 Å². The Bertz CT molecular complexity index is 793. The predicted octanol–water partition coefficient (Wildman–Crippen LogP) is 3.34. The first-order chi connectivity index (χ1) is 13.0. The van der Waals surface area contributed by atoms with Crippen LogP contribution in [0.2, 0.25) is 5.02 Å². The molecular weight excluding hydrogens is 366 g/mol. The third kappa shape index (κ3) is 5.14. The van der Waals surface area contributed by atoms with Crippen LogP contribution in [0.5, 0.6) is 5.75 Å². The van der Waals surface area contributed by atoms with Crippen molar-refractivity contribution in [3.8, 4) is 5.75 Å². The van der Waals surface area contributed by atoms with E-state index < -0.39 is 0 Å². The van der Waals surface area contributed by atoms with Crippen molar-refractivity contribution in [1.29, 1.82) is 0 Å². The van der Waals surface area contributed by atoms with Crippen LogP contribution in [0.15, 0.2) is 48.5 Å². The Hall–Kier alpha value is -2.73. The molecule has 7 heteroatoms. The first kappa shape index (κ1) is 19.0. The zero-order chi connectivity index (χ0) is 19.2. The Morgan fingerprint density at radius 2 is 1.89 bits per heavy atom. The summed E-state index contributed by atoms with van der Waals surface area (Å²) in [7, 11) is 0. The molecule has 1 saturated heterocycles. The number of rotatable bonds is 6. The molecule has 0 aliphatic carbocycles. The molecule has 1 atom stereocenters. The second kappa shape index (κ2) is 8.77. The fourth-order valence-electron chi connectivity index (χ4n) is 2.96. The number of nitrogens with zero attached hydrogens (tertiary/aromatic N) is 1. The lowest BCUT2D eigenvalue weighted by Gasteiger charge is -2.18. The van der Waals surface area contributed by atoms with E-state index in [1.54, 1.807) is 17.0 Å². The van der Waals surface area contributed by atoms with Crippen LogP contribution >= 0.6 is 11.6 Å². The van der Waals surface area contributed by atoms with Crippen molar-refractivity contribution in [2.45, 2.75) is 25.9 Å². The summed E-state index contributed by atoms with van der Waals surface area (Å²) >= 11 is 5.85. The van der Waals surface area contributed by atoms with Crippen LogP contribution in [0.25, 0.3) is 0 Å². The van der Waals surface area contributed by atoms with Gasteiger partial charge in [0, 0.05) is 30.2 Å². The second-order valence-electron chi connectivity index (χ2n) is 6.29. The van der Waals surface area contributed by atoms with E-state index in [-0.39, 0.29) is 24.4 Å². The van der Waals surface area contributed by atoms with Gasteiger partial charge in [-0.2, -0.15) is 0 Å². The van der Waals surface area contributed by atoms with Gasteiger partial charge >= 0.3 is 6.03 Å². The van der Waals surface area contributed by atoms with Gasteiger partial charge < -0.3 is 20.3 Å². The Morgan fingerprint density at radius 1 is 1.19 bits per heavy atom. The molecule has 1 fully saturated rings. The lowest BCUT2D eigenvalue weighted by molar-refractivity contribution is -0.117. The van der Waals surface area contributed by atoms with E-state index in [1.165, 1.54) is 0 Å². The van der Waals surface area contributed by atoms with Crippen LogP contribution in [-0.4, -0.2) is 31.1 Å². The average Bonchev–Trinajstić information content (AvgIpc) is 3.02. The van der Waals surface area contributed by atoms with Gasteiger partial charge in [-0.3, -0.25) is 4.79 Å². The third-order valence-corrected chi connectivity index (χ3v) is 4.54. The van der Waals surface area contributed by atoms with Gasteiger partial charge in [0.1, 0.15) is 5.75 Å². The summed E-state index contributed by atoms with van der Waals surface area (Å²) in [6.07, 6.45) is 0.279. The van der Waals surface area contributed by atoms with E-state index in [2.05, 4.69) is 10.6 Å². The van der Waals surface area contributed by atoms with Crippen LogP contribution in [-0.2, 0) is 11.3 Å². The average molecular weight is 388 g/mol. The van der Waals surface area contributed by atoms with E-state index >= 15 is 0 Å². The number of ether oxygens (including phenoxy) is 1. The quantitative estimate of drug-likeness (QED) is 0.798. The summed E-state index contributed by atoms with van der Waals surface area (Å²) < 4.78 is 5.42. The number of hydrogen-bond acceptors (Lipinski definition) is 3. The molecular formula is C20H22ClN3O3. The number of amides is 3. The number of urea groups is 1. The van der Waals surface area contributed by atoms with Crippen molar-refractivity contribution in [1.82, 2.24) is 10.6 Å². The monoisotopic (exact) mass is 387 g/mol. The predicted molar refractivity (Wildman–Crippen MR) is 105 cm³/mol. The third-order valence-electron chi connectivity index (χ3n) is 4.29. The van der Waals surface area contributed by atoms with Gasteiger partial charge in [-0.25, -0.2) is 4.79 Å². The molecule has 0 saturated carbocycles. The van der Waals surface area contributed by atoms with Crippen molar-refractivity contribution in [3.05, 3.63) is 59.1 Å². The van der Waals surface area contributed by atoms with E-state index in [9.17, 15) is 9.59 Å². The van der Waals surface area contributed by atoms with Crippen LogP contribution < -0.4 is 20.3 Å². The smallest absolute Gasteiger partial charge is 0.315 e. The topological polar surface area (TPSA) is 70.7 Å². The highest BCUT2D eigenvalue weighted by atomic mass is 35.5. The van der Waals surface area contributed by atoms with E-state index in [0.717, 1.165) is 17.0 Å². The molecule has 2 aromatic rings. The molecule has 27 heavy (non-hydrogen) atoms. The van der Waals surface area contributed by atoms with Gasteiger partial charge in [0.25, 0.3) is 0 Å². The minimum Gasteiger partial charge on any atom is -0.494 e. The second-order valence-corrected chi connectivity index (χ2v) is 6.72. The number of carbonyl (C=O) groups excluding carboxylic acids is 2. The van der Waals surface area contributed by atoms with Crippen LogP contribution in [0, 0.1) is 0 Å². The van der Waals surface area contributed by atoms with Gasteiger partial charge in [0.05, 0.1) is 12.6 Å². The Morgan fingerprint density at radius 3 is 2.56 bits per heavy atom. The lowest BCUT2D eigenvalue weighted by Crippen LogP contribution is -2.43. The van der Waals surface area contributed by atoms with Crippen molar-refractivity contribution < 1.29 is 14.3 Å². The summed E-state index contributed by atoms with van der Waals surface area (Å²) in [6, 6.07) is 14.1. The van der Waals surface area contributed by atoms with Gasteiger partial charge in [0.2, 0.25) is 5.91 Å². The molecule has 0 radical (unpaired) electrons. The summed E-state index contributed by atoms with van der Waals surface area (Å²) in [5.41, 5.74) is 1.75. The van der Waals surface area contributed by atoms with Crippen molar-refractivity contribution >= 4 is 29.2 Å². The maximum atomic E-state index is 12.3. The maximum Gasteiger partial charge on any atom is 0.315 e. The molecule has 2 aromatic carbocycles. The number of nitrogens with one attached hydrogen (secondary N) is 2. The van der Waals surface area contributed by atoms with E-state index in [4.69, 9.17) is 16.3 Å². The molecule has 142 valence electrons. The molecule has 3 rings (SSSR count). The number of carbonyl (C=O) groups is 2. The fourth-order valence-corrected chi connectivity index (χ4v) is 3.09. The molecule has 6 nitrogen and oxygen atoms in total. The Labute approximate surface area is 163 Å². The standard InChI is InChI=1S/C20H22ClN3O3/c1-2-27-18-9-7-17(8-10-18)24-13-16(11-19(24)25)23-20(26)22-12-14-3-5-15(21)6-4-14/h3-10,16H,2,11-13H2,1H3,(H2,22,23,26)/t16-/m1/s1. The zero-order valence-corrected chi connectivity index (χ0v) is 15.8. The number of anilines is 1. The number of halogens is 1.